The predicted molar refractivity (Wildman–Crippen MR) is 85.1 cm³/mol. The molecule has 0 fully saturated rings. The highest BCUT2D eigenvalue weighted by Crippen LogP contribution is 2.28. The van der Waals surface area contributed by atoms with Crippen LogP contribution in [0.3, 0.4) is 0 Å². The number of pyridine rings is 2. The van der Waals surface area contributed by atoms with Crippen molar-refractivity contribution < 1.29 is 18.0 Å². The molecule has 130 valence electrons. The molecule has 1 amide bonds. The Labute approximate surface area is 141 Å². The maximum Gasteiger partial charge on any atom is 0.433 e. The van der Waals surface area contributed by atoms with Crippen LogP contribution < -0.4 is 5.32 Å². The molecule has 0 saturated heterocycles. The van der Waals surface area contributed by atoms with Gasteiger partial charge in [0.15, 0.2) is 0 Å². The van der Waals surface area contributed by atoms with E-state index in [1.54, 1.807) is 0 Å². The Hall–Kier alpha value is -2.90. The first-order valence-electron chi connectivity index (χ1n) is 7.52. The maximum absolute atomic E-state index is 12.6. The van der Waals surface area contributed by atoms with Gasteiger partial charge in [-0.2, -0.15) is 13.2 Å². The van der Waals surface area contributed by atoms with Crippen LogP contribution in [0, 0.1) is 13.8 Å². The lowest BCUT2D eigenvalue weighted by molar-refractivity contribution is -0.141. The average molecular weight is 348 g/mol. The highest BCUT2D eigenvalue weighted by Gasteiger charge is 2.33. The second-order valence-electron chi connectivity index (χ2n) is 5.64. The molecule has 0 bridgehead atoms. The molecule has 0 aliphatic heterocycles. The summed E-state index contributed by atoms with van der Waals surface area (Å²) in [5, 5.41) is 2.66. The topological polar surface area (TPSA) is 59.3 Å². The first-order chi connectivity index (χ1) is 11.8. The molecular formula is C17H15F3N4O. The van der Waals surface area contributed by atoms with Crippen LogP contribution in [0.5, 0.6) is 0 Å². The number of hydrogen-bond acceptors (Lipinski definition) is 3. The Balaban J connectivity index is 1.75. The number of nitrogens with one attached hydrogen (secondary N) is 1. The molecule has 3 aromatic heterocycles. The van der Waals surface area contributed by atoms with Gasteiger partial charge in [-0.15, -0.1) is 0 Å². The molecule has 0 aromatic carbocycles. The number of hydrogen-bond donors (Lipinski definition) is 1. The first kappa shape index (κ1) is 16.9. The van der Waals surface area contributed by atoms with Crippen molar-refractivity contribution in [3.8, 4) is 0 Å². The molecule has 25 heavy (non-hydrogen) atoms. The van der Waals surface area contributed by atoms with Crippen LogP contribution in [-0.4, -0.2) is 20.3 Å². The molecule has 0 aliphatic carbocycles. The first-order valence-corrected chi connectivity index (χ1v) is 7.52. The fourth-order valence-electron chi connectivity index (χ4n) is 2.51. The smallest absolute Gasteiger partial charge is 0.346 e. The van der Waals surface area contributed by atoms with E-state index in [1.807, 2.05) is 35.7 Å². The molecule has 0 saturated carbocycles. The van der Waals surface area contributed by atoms with Gasteiger partial charge in [0.1, 0.15) is 11.3 Å². The van der Waals surface area contributed by atoms with Crippen LogP contribution in [0.2, 0.25) is 0 Å². The zero-order valence-corrected chi connectivity index (χ0v) is 13.6. The number of nitrogens with zero attached hydrogens (tertiary/aromatic N) is 3. The summed E-state index contributed by atoms with van der Waals surface area (Å²) in [6.07, 6.45) is -2.73. The van der Waals surface area contributed by atoms with Gasteiger partial charge in [0, 0.05) is 11.9 Å². The second kappa shape index (κ2) is 6.19. The number of carbonyl (C=O) groups excluding carboxylic acids is 1. The summed E-state index contributed by atoms with van der Waals surface area (Å²) >= 11 is 0. The number of carbonyl (C=O) groups is 1. The van der Waals surface area contributed by atoms with Gasteiger partial charge in [0.05, 0.1) is 23.5 Å². The summed E-state index contributed by atoms with van der Waals surface area (Å²) < 4.78 is 39.8. The number of amides is 1. The van der Waals surface area contributed by atoms with Crippen molar-refractivity contribution in [1.82, 2.24) is 19.7 Å². The van der Waals surface area contributed by atoms with Crippen LogP contribution in [0.25, 0.3) is 5.65 Å². The van der Waals surface area contributed by atoms with Crippen molar-refractivity contribution >= 4 is 11.6 Å². The Morgan fingerprint density at radius 2 is 1.92 bits per heavy atom. The summed E-state index contributed by atoms with van der Waals surface area (Å²) in [7, 11) is 0. The second-order valence-corrected chi connectivity index (χ2v) is 5.64. The number of halogens is 3. The Morgan fingerprint density at radius 1 is 1.16 bits per heavy atom. The highest BCUT2D eigenvalue weighted by atomic mass is 19.4. The van der Waals surface area contributed by atoms with Gasteiger partial charge >= 0.3 is 6.18 Å². The van der Waals surface area contributed by atoms with Gasteiger partial charge < -0.3 is 9.72 Å². The molecule has 1 N–H and O–H groups in total. The van der Waals surface area contributed by atoms with Crippen molar-refractivity contribution in [2.24, 2.45) is 0 Å². The lowest BCUT2D eigenvalue weighted by Gasteiger charge is -2.10. The van der Waals surface area contributed by atoms with Crippen molar-refractivity contribution in [3.05, 3.63) is 64.9 Å². The van der Waals surface area contributed by atoms with Gasteiger partial charge in [-0.25, -0.2) is 9.97 Å². The molecule has 0 aliphatic rings. The summed E-state index contributed by atoms with van der Waals surface area (Å²) in [5.41, 5.74) is 1.53. The standard InChI is InChI=1S/C17H15F3N4O/c1-10-4-3-5-15-23-12(9-24(10)15)8-21-16(25)13-6-7-14(17(18,19)20)22-11(13)2/h3-7,9H,8H2,1-2H3,(H,21,25). The van der Waals surface area contributed by atoms with E-state index in [1.165, 1.54) is 6.92 Å². The SMILES string of the molecule is Cc1nc(C(F)(F)F)ccc1C(=O)NCc1cn2c(C)cccc2n1. The van der Waals surface area contributed by atoms with E-state index >= 15 is 0 Å². The number of aromatic nitrogens is 3. The summed E-state index contributed by atoms with van der Waals surface area (Å²) in [6, 6.07) is 7.61. The van der Waals surface area contributed by atoms with E-state index in [0.717, 1.165) is 23.5 Å². The third-order valence-electron chi connectivity index (χ3n) is 3.80. The molecule has 8 heteroatoms. The lowest BCUT2D eigenvalue weighted by atomic mass is 10.1. The van der Waals surface area contributed by atoms with Crippen LogP contribution in [0.4, 0.5) is 13.2 Å². The van der Waals surface area contributed by atoms with E-state index in [9.17, 15) is 18.0 Å². The summed E-state index contributed by atoms with van der Waals surface area (Å²) in [5.74, 6) is -0.493. The molecule has 0 unspecified atom stereocenters. The highest BCUT2D eigenvalue weighted by molar-refractivity contribution is 5.95. The van der Waals surface area contributed by atoms with Crippen LogP contribution in [0.15, 0.2) is 36.5 Å². The van der Waals surface area contributed by atoms with Crippen LogP contribution >= 0.6 is 0 Å². The van der Waals surface area contributed by atoms with Crippen molar-refractivity contribution in [2.45, 2.75) is 26.6 Å². The monoisotopic (exact) mass is 348 g/mol. The average Bonchev–Trinajstić information content (AvgIpc) is 2.96. The van der Waals surface area contributed by atoms with E-state index < -0.39 is 17.8 Å². The Kier molecular flexibility index (Phi) is 4.20. The number of imidazole rings is 1. The van der Waals surface area contributed by atoms with Gasteiger partial charge in [-0.05, 0) is 38.1 Å². The lowest BCUT2D eigenvalue weighted by Crippen LogP contribution is -2.24. The normalized spacial score (nSPS) is 11.7. The minimum atomic E-state index is -4.53. The number of fused-ring (bicyclic) bond motifs is 1. The molecule has 3 aromatic rings. The van der Waals surface area contributed by atoms with Crippen molar-refractivity contribution in [1.29, 1.82) is 0 Å². The Morgan fingerprint density at radius 3 is 2.56 bits per heavy atom. The molecular weight excluding hydrogens is 333 g/mol. The third kappa shape index (κ3) is 3.47. The van der Waals surface area contributed by atoms with E-state index in [2.05, 4.69) is 15.3 Å². The summed E-state index contributed by atoms with van der Waals surface area (Å²) in [4.78, 5) is 20.1. The molecule has 3 rings (SSSR count). The van der Waals surface area contributed by atoms with Crippen molar-refractivity contribution in [3.63, 3.8) is 0 Å². The minimum Gasteiger partial charge on any atom is -0.346 e. The fraction of sp³-hybridized carbons (Fsp3) is 0.235. The maximum atomic E-state index is 12.6. The number of alkyl halides is 3. The quantitative estimate of drug-likeness (QED) is 0.790. The third-order valence-corrected chi connectivity index (χ3v) is 3.80. The zero-order chi connectivity index (χ0) is 18.2. The van der Waals surface area contributed by atoms with E-state index in [4.69, 9.17) is 0 Å². The number of aryl methyl sites for hydroxylation is 2. The minimum absolute atomic E-state index is 0.0261. The van der Waals surface area contributed by atoms with E-state index in [-0.39, 0.29) is 17.8 Å². The van der Waals surface area contributed by atoms with E-state index in [0.29, 0.717) is 5.69 Å². The molecule has 3 heterocycles. The molecule has 0 atom stereocenters. The van der Waals surface area contributed by atoms with Gasteiger partial charge in [0.2, 0.25) is 0 Å². The van der Waals surface area contributed by atoms with Crippen LogP contribution in [-0.2, 0) is 12.7 Å². The molecule has 5 nitrogen and oxygen atoms in total. The predicted octanol–water partition coefficient (Wildman–Crippen LogP) is 3.29. The zero-order valence-electron chi connectivity index (χ0n) is 13.6. The van der Waals surface area contributed by atoms with Gasteiger partial charge in [-0.1, -0.05) is 6.07 Å². The Bertz CT molecular complexity index is 947. The van der Waals surface area contributed by atoms with Crippen LogP contribution in [0.1, 0.15) is 33.1 Å². The summed E-state index contributed by atoms with van der Waals surface area (Å²) in [6.45, 7) is 3.48. The largest absolute Gasteiger partial charge is 0.433 e. The fourth-order valence-corrected chi connectivity index (χ4v) is 2.51. The molecule has 0 radical (unpaired) electrons. The molecule has 0 spiro atoms. The van der Waals surface area contributed by atoms with Gasteiger partial charge in [0.25, 0.3) is 5.91 Å². The number of rotatable bonds is 3. The van der Waals surface area contributed by atoms with Gasteiger partial charge in [-0.3, -0.25) is 4.79 Å². The van der Waals surface area contributed by atoms with Crippen molar-refractivity contribution in [2.75, 3.05) is 0 Å².